The lowest BCUT2D eigenvalue weighted by Crippen LogP contribution is -2.46. The molecule has 0 radical (unpaired) electrons. The highest BCUT2D eigenvalue weighted by Crippen LogP contribution is 2.30. The molecule has 3 atom stereocenters. The Morgan fingerprint density at radius 3 is 2.11 bits per heavy atom. The second kappa shape index (κ2) is 20.9. The van der Waals surface area contributed by atoms with Crippen molar-refractivity contribution in [1.82, 2.24) is 5.32 Å². The van der Waals surface area contributed by atoms with Crippen molar-refractivity contribution in [3.63, 3.8) is 0 Å². The predicted octanol–water partition coefficient (Wildman–Crippen LogP) is 7.42. The van der Waals surface area contributed by atoms with E-state index in [4.69, 9.17) is 4.74 Å². The summed E-state index contributed by atoms with van der Waals surface area (Å²) < 4.78 is 5.84. The maximum absolute atomic E-state index is 13.1. The Labute approximate surface area is 262 Å². The average molecular weight is 607 g/mol. The molecule has 1 aromatic carbocycles. The van der Waals surface area contributed by atoms with E-state index in [1.165, 1.54) is 23.1 Å². The number of carboxylic acid groups (broad SMARTS) is 1. The van der Waals surface area contributed by atoms with Crippen molar-refractivity contribution in [2.45, 2.75) is 103 Å². The molecule has 8 nitrogen and oxygen atoms in total. The first-order valence-electron chi connectivity index (χ1n) is 15.9. The quantitative estimate of drug-likeness (QED) is 0.105. The lowest BCUT2D eigenvalue weighted by molar-refractivity contribution is -0.135. The average Bonchev–Trinajstić information content (AvgIpc) is 3.28. The van der Waals surface area contributed by atoms with Gasteiger partial charge in [-0.3, -0.25) is 9.59 Å². The number of carbonyl (C=O) groups is 3. The fourth-order valence-corrected chi connectivity index (χ4v) is 4.88. The number of rotatable bonds is 20. The van der Waals surface area contributed by atoms with Gasteiger partial charge in [-0.25, -0.2) is 4.79 Å². The normalized spacial score (nSPS) is 18.2. The summed E-state index contributed by atoms with van der Waals surface area (Å²) >= 11 is 0. The van der Waals surface area contributed by atoms with Gasteiger partial charge in [-0.1, -0.05) is 74.6 Å². The zero-order valence-electron chi connectivity index (χ0n) is 26.5. The maximum atomic E-state index is 13.1. The monoisotopic (exact) mass is 606 g/mol. The molecule has 1 aliphatic heterocycles. The summed E-state index contributed by atoms with van der Waals surface area (Å²) in [5, 5.41) is 21.9. The van der Waals surface area contributed by atoms with E-state index in [0.717, 1.165) is 51.4 Å². The van der Waals surface area contributed by atoms with E-state index in [9.17, 15) is 24.6 Å². The Morgan fingerprint density at radius 2 is 1.55 bits per heavy atom. The summed E-state index contributed by atoms with van der Waals surface area (Å²) in [6.45, 7) is 6.31. The SMILES string of the molecule is CC/C=C\C/C=C\C/C=C\C/C=C\C/C=C\CCCCOC(CC)C(=O)NC1CC(C)N(c2ccc(O)c(C(=O)O)c2)C1=O. The van der Waals surface area contributed by atoms with Crippen LogP contribution in [0.1, 0.15) is 95.3 Å². The number of hydrogen-bond acceptors (Lipinski definition) is 5. The van der Waals surface area contributed by atoms with Crippen molar-refractivity contribution < 1.29 is 29.3 Å². The third kappa shape index (κ3) is 12.8. The molecule has 1 saturated heterocycles. The highest BCUT2D eigenvalue weighted by molar-refractivity contribution is 6.03. The lowest BCUT2D eigenvalue weighted by Gasteiger charge is -2.22. The van der Waals surface area contributed by atoms with E-state index in [0.29, 0.717) is 25.1 Å². The number of allylic oxidation sites excluding steroid dienone is 10. The molecule has 240 valence electrons. The molecule has 1 aliphatic rings. The van der Waals surface area contributed by atoms with Crippen LogP contribution in [0.5, 0.6) is 5.75 Å². The number of unbranched alkanes of at least 4 members (excludes halogenated alkanes) is 2. The van der Waals surface area contributed by atoms with Gasteiger partial charge in [0.1, 0.15) is 23.5 Å². The summed E-state index contributed by atoms with van der Waals surface area (Å²) in [4.78, 5) is 38.9. The van der Waals surface area contributed by atoms with Crippen molar-refractivity contribution >= 4 is 23.5 Å². The minimum Gasteiger partial charge on any atom is -0.507 e. The van der Waals surface area contributed by atoms with Crippen LogP contribution in [0.25, 0.3) is 0 Å². The van der Waals surface area contributed by atoms with E-state index < -0.39 is 18.1 Å². The molecule has 3 N–H and O–H groups in total. The molecule has 8 heteroatoms. The van der Waals surface area contributed by atoms with Crippen molar-refractivity contribution in [3.8, 4) is 5.75 Å². The van der Waals surface area contributed by atoms with Crippen LogP contribution >= 0.6 is 0 Å². The van der Waals surface area contributed by atoms with Crippen molar-refractivity contribution in [3.05, 3.63) is 84.5 Å². The molecule has 0 aromatic heterocycles. The fourth-order valence-electron chi connectivity index (χ4n) is 4.88. The van der Waals surface area contributed by atoms with Crippen LogP contribution in [0.2, 0.25) is 0 Å². The van der Waals surface area contributed by atoms with Crippen LogP contribution in [0.4, 0.5) is 5.69 Å². The number of nitrogens with one attached hydrogen (secondary N) is 1. The smallest absolute Gasteiger partial charge is 0.339 e. The Balaban J connectivity index is 1.63. The Bertz CT molecular complexity index is 1200. The molecule has 0 spiro atoms. The summed E-state index contributed by atoms with van der Waals surface area (Å²) in [5.74, 6) is -2.30. The van der Waals surface area contributed by atoms with Gasteiger partial charge in [0.25, 0.3) is 0 Å². The Kier molecular flexibility index (Phi) is 17.2. The van der Waals surface area contributed by atoms with Gasteiger partial charge < -0.3 is 25.2 Å². The van der Waals surface area contributed by atoms with Gasteiger partial charge in [-0.05, 0) is 89.3 Å². The van der Waals surface area contributed by atoms with Gasteiger partial charge in [0, 0.05) is 18.3 Å². The summed E-state index contributed by atoms with van der Waals surface area (Å²) in [5.41, 5.74) is 0.0843. The summed E-state index contributed by atoms with van der Waals surface area (Å²) in [6, 6.07) is 3.04. The van der Waals surface area contributed by atoms with Crippen LogP contribution in [0, 0.1) is 0 Å². The highest BCUT2D eigenvalue weighted by Gasteiger charge is 2.40. The van der Waals surface area contributed by atoms with Crippen molar-refractivity contribution in [2.24, 2.45) is 0 Å². The number of nitrogens with zero attached hydrogens (tertiary/aromatic N) is 1. The maximum Gasteiger partial charge on any atom is 0.339 e. The minimum atomic E-state index is -1.28. The van der Waals surface area contributed by atoms with E-state index in [-0.39, 0.29) is 29.2 Å². The number of carbonyl (C=O) groups excluding carboxylic acids is 2. The fraction of sp³-hybridized carbons (Fsp3) is 0.472. The van der Waals surface area contributed by atoms with Crippen LogP contribution in [0.15, 0.2) is 79.0 Å². The van der Waals surface area contributed by atoms with Crippen LogP contribution < -0.4 is 10.2 Å². The first-order chi connectivity index (χ1) is 21.3. The molecule has 0 bridgehead atoms. The molecule has 0 saturated carbocycles. The van der Waals surface area contributed by atoms with Gasteiger partial charge in [0.2, 0.25) is 11.8 Å². The minimum absolute atomic E-state index is 0.254. The first kappa shape index (κ1) is 36.3. The zero-order chi connectivity index (χ0) is 32.2. The van der Waals surface area contributed by atoms with Crippen LogP contribution in [-0.4, -0.2) is 52.8 Å². The zero-order valence-corrected chi connectivity index (χ0v) is 26.5. The van der Waals surface area contributed by atoms with Crippen molar-refractivity contribution in [1.29, 1.82) is 0 Å². The number of aromatic hydroxyl groups is 1. The topological polar surface area (TPSA) is 116 Å². The number of ether oxygens (including phenoxy) is 1. The number of carboxylic acids is 1. The predicted molar refractivity (Wildman–Crippen MR) is 177 cm³/mol. The van der Waals surface area contributed by atoms with Gasteiger partial charge >= 0.3 is 5.97 Å². The standard InChI is InChI=1S/C36H50N2O6/c1-4-6-7-8-9-10-11-12-13-14-15-16-17-18-19-20-21-22-25-44-33(5-2)34(40)37-31-26-28(3)38(35(31)41)29-23-24-32(39)30(27-29)36(42)43/h6-7,9-10,12-13,15-16,18-19,23-24,27-28,31,33,39H,4-5,8,11,14,17,20-22,25-26H2,1-3H3,(H,37,40)(H,42,43)/b7-6-,10-9-,13-12-,16-15-,19-18-. The molecular formula is C36H50N2O6. The van der Waals surface area contributed by atoms with Gasteiger partial charge in [-0.2, -0.15) is 0 Å². The largest absolute Gasteiger partial charge is 0.507 e. The number of phenols is 1. The molecule has 2 rings (SSSR count). The van der Waals surface area contributed by atoms with Gasteiger partial charge in [-0.15, -0.1) is 0 Å². The Hall–Kier alpha value is -3.91. The third-order valence-electron chi connectivity index (χ3n) is 7.26. The molecule has 44 heavy (non-hydrogen) atoms. The number of benzene rings is 1. The molecule has 0 aliphatic carbocycles. The second-order valence-electron chi connectivity index (χ2n) is 10.8. The lowest BCUT2D eigenvalue weighted by atomic mass is 10.1. The van der Waals surface area contributed by atoms with Gasteiger partial charge in [0.15, 0.2) is 0 Å². The first-order valence-corrected chi connectivity index (χ1v) is 15.9. The molecule has 2 amide bonds. The molecular weight excluding hydrogens is 556 g/mol. The molecule has 1 aromatic rings. The van der Waals surface area contributed by atoms with E-state index in [2.05, 4.69) is 73.0 Å². The second-order valence-corrected chi connectivity index (χ2v) is 10.8. The van der Waals surface area contributed by atoms with E-state index >= 15 is 0 Å². The van der Waals surface area contributed by atoms with E-state index in [1.807, 2.05) is 13.8 Å². The van der Waals surface area contributed by atoms with E-state index in [1.54, 1.807) is 0 Å². The number of amides is 2. The third-order valence-corrected chi connectivity index (χ3v) is 7.26. The summed E-state index contributed by atoms with van der Waals surface area (Å²) in [6.07, 6.45) is 29.7. The van der Waals surface area contributed by atoms with Crippen LogP contribution in [0.3, 0.4) is 0 Å². The number of anilines is 1. The summed E-state index contributed by atoms with van der Waals surface area (Å²) in [7, 11) is 0. The molecule has 1 heterocycles. The van der Waals surface area contributed by atoms with Crippen molar-refractivity contribution in [2.75, 3.05) is 11.5 Å². The highest BCUT2D eigenvalue weighted by atomic mass is 16.5. The van der Waals surface area contributed by atoms with Crippen LogP contribution in [-0.2, 0) is 14.3 Å². The number of aromatic carboxylic acids is 1. The number of hydrogen-bond donors (Lipinski definition) is 3. The Morgan fingerprint density at radius 1 is 0.955 bits per heavy atom. The molecule has 3 unspecified atom stereocenters. The molecule has 1 fully saturated rings. The van der Waals surface area contributed by atoms with Gasteiger partial charge in [0.05, 0.1) is 0 Å².